The number of nitrogens with zero attached hydrogens (tertiary/aromatic N) is 1. The maximum absolute atomic E-state index is 11.9. The smallest absolute Gasteiger partial charge is 0.234 e. The highest BCUT2D eigenvalue weighted by Crippen LogP contribution is 2.23. The largest absolute Gasteiger partial charge is 0.373 e. The summed E-state index contributed by atoms with van der Waals surface area (Å²) in [5.41, 5.74) is -0.143. The predicted octanol–water partition coefficient (Wildman–Crippen LogP) is -0.0330. The van der Waals surface area contributed by atoms with Gasteiger partial charge in [0.15, 0.2) is 0 Å². The second kappa shape index (κ2) is 6.50. The molecule has 18 heavy (non-hydrogen) atoms. The van der Waals surface area contributed by atoms with Crippen LogP contribution in [0.1, 0.15) is 26.2 Å². The molecule has 0 bridgehead atoms. The standard InChI is InChI=1S/C13H25N3O2/c1-13(4-2-9-18-13)11-15-12(17)10-16-7-3-5-14-6-8-16/h14H,2-11H2,1H3,(H,15,17). The third kappa shape index (κ3) is 4.23. The summed E-state index contributed by atoms with van der Waals surface area (Å²) >= 11 is 0. The van der Waals surface area contributed by atoms with Crippen molar-refractivity contribution in [2.75, 3.05) is 45.9 Å². The summed E-state index contributed by atoms with van der Waals surface area (Å²) in [4.78, 5) is 14.1. The number of nitrogens with one attached hydrogen (secondary N) is 2. The Morgan fingerprint density at radius 2 is 2.28 bits per heavy atom. The number of ether oxygens (including phenoxy) is 1. The van der Waals surface area contributed by atoms with Gasteiger partial charge in [0, 0.05) is 26.2 Å². The Balaban J connectivity index is 1.67. The van der Waals surface area contributed by atoms with Gasteiger partial charge in [0.05, 0.1) is 12.1 Å². The molecule has 0 saturated carbocycles. The molecule has 104 valence electrons. The summed E-state index contributed by atoms with van der Waals surface area (Å²) in [6.45, 7) is 8.06. The number of hydrogen-bond donors (Lipinski definition) is 2. The van der Waals surface area contributed by atoms with Crippen molar-refractivity contribution in [2.45, 2.75) is 31.8 Å². The van der Waals surface area contributed by atoms with E-state index >= 15 is 0 Å². The fraction of sp³-hybridized carbons (Fsp3) is 0.923. The molecule has 2 heterocycles. The van der Waals surface area contributed by atoms with Gasteiger partial charge in [0.2, 0.25) is 5.91 Å². The molecule has 2 fully saturated rings. The Kier molecular flexibility index (Phi) is 4.97. The number of rotatable bonds is 4. The van der Waals surface area contributed by atoms with Crippen LogP contribution in [0.3, 0.4) is 0 Å². The van der Waals surface area contributed by atoms with Crippen LogP contribution < -0.4 is 10.6 Å². The van der Waals surface area contributed by atoms with Gasteiger partial charge in [-0.05, 0) is 39.3 Å². The van der Waals surface area contributed by atoms with Crippen LogP contribution >= 0.6 is 0 Å². The molecule has 0 aromatic carbocycles. The molecule has 5 nitrogen and oxygen atoms in total. The third-order valence-electron chi connectivity index (χ3n) is 3.76. The minimum atomic E-state index is -0.143. The summed E-state index contributed by atoms with van der Waals surface area (Å²) < 4.78 is 5.66. The van der Waals surface area contributed by atoms with Gasteiger partial charge in [0.1, 0.15) is 0 Å². The zero-order chi connectivity index (χ0) is 12.8. The van der Waals surface area contributed by atoms with E-state index < -0.39 is 0 Å². The number of amides is 1. The van der Waals surface area contributed by atoms with Crippen LogP contribution in [0.2, 0.25) is 0 Å². The summed E-state index contributed by atoms with van der Waals surface area (Å²) in [7, 11) is 0. The molecule has 2 rings (SSSR count). The molecule has 1 amide bonds. The minimum Gasteiger partial charge on any atom is -0.373 e. The lowest BCUT2D eigenvalue weighted by Crippen LogP contribution is -2.44. The molecule has 0 aromatic heterocycles. The van der Waals surface area contributed by atoms with Crippen LogP contribution in [-0.2, 0) is 9.53 Å². The lowest BCUT2D eigenvalue weighted by atomic mass is 10.0. The van der Waals surface area contributed by atoms with Gasteiger partial charge in [-0.1, -0.05) is 0 Å². The summed E-state index contributed by atoms with van der Waals surface area (Å²) in [5, 5.41) is 6.35. The lowest BCUT2D eigenvalue weighted by Gasteiger charge is -2.25. The molecule has 2 aliphatic rings. The molecule has 2 N–H and O–H groups in total. The Bertz CT molecular complexity index is 269. The van der Waals surface area contributed by atoms with Crippen LogP contribution in [0.4, 0.5) is 0 Å². The maximum atomic E-state index is 11.9. The van der Waals surface area contributed by atoms with Gasteiger partial charge in [-0.15, -0.1) is 0 Å². The van der Waals surface area contributed by atoms with E-state index in [9.17, 15) is 4.79 Å². The number of hydrogen-bond acceptors (Lipinski definition) is 4. The van der Waals surface area contributed by atoms with E-state index in [-0.39, 0.29) is 11.5 Å². The van der Waals surface area contributed by atoms with Crippen LogP contribution in [0.5, 0.6) is 0 Å². The second-order valence-corrected chi connectivity index (χ2v) is 5.56. The van der Waals surface area contributed by atoms with Gasteiger partial charge >= 0.3 is 0 Å². The first kappa shape index (κ1) is 13.8. The van der Waals surface area contributed by atoms with Gasteiger partial charge in [-0.25, -0.2) is 0 Å². The van der Waals surface area contributed by atoms with Crippen molar-refractivity contribution in [2.24, 2.45) is 0 Å². The first-order valence-electron chi connectivity index (χ1n) is 7.02. The van der Waals surface area contributed by atoms with Gasteiger partial charge in [-0.3, -0.25) is 9.69 Å². The minimum absolute atomic E-state index is 0.119. The van der Waals surface area contributed by atoms with Crippen molar-refractivity contribution in [3.63, 3.8) is 0 Å². The molecular weight excluding hydrogens is 230 g/mol. The fourth-order valence-corrected chi connectivity index (χ4v) is 2.58. The van der Waals surface area contributed by atoms with Crippen molar-refractivity contribution in [1.82, 2.24) is 15.5 Å². The first-order valence-corrected chi connectivity index (χ1v) is 7.02. The summed E-state index contributed by atoms with van der Waals surface area (Å²) in [6, 6.07) is 0. The summed E-state index contributed by atoms with van der Waals surface area (Å²) in [5.74, 6) is 0.119. The quantitative estimate of drug-likeness (QED) is 0.740. The molecule has 5 heteroatoms. The molecular formula is C13H25N3O2. The molecule has 0 spiro atoms. The van der Waals surface area contributed by atoms with Gasteiger partial charge in [-0.2, -0.15) is 0 Å². The normalized spacial score (nSPS) is 30.1. The highest BCUT2D eigenvalue weighted by Gasteiger charge is 2.30. The highest BCUT2D eigenvalue weighted by atomic mass is 16.5. The van der Waals surface area contributed by atoms with Crippen molar-refractivity contribution in [3.8, 4) is 0 Å². The van der Waals surface area contributed by atoms with Crippen LogP contribution in [0.25, 0.3) is 0 Å². The second-order valence-electron chi connectivity index (χ2n) is 5.56. The molecule has 0 aliphatic carbocycles. The zero-order valence-electron chi connectivity index (χ0n) is 11.3. The van der Waals surface area contributed by atoms with Gasteiger partial charge < -0.3 is 15.4 Å². The van der Waals surface area contributed by atoms with E-state index in [1.807, 2.05) is 0 Å². The average Bonchev–Trinajstić information content (AvgIpc) is 2.62. The molecule has 2 saturated heterocycles. The first-order chi connectivity index (χ1) is 8.68. The Hall–Kier alpha value is -0.650. The fourth-order valence-electron chi connectivity index (χ4n) is 2.58. The SMILES string of the molecule is CC1(CNC(=O)CN2CCCNCC2)CCCO1. The highest BCUT2D eigenvalue weighted by molar-refractivity contribution is 5.78. The van der Waals surface area contributed by atoms with Crippen molar-refractivity contribution in [1.29, 1.82) is 0 Å². The van der Waals surface area contributed by atoms with E-state index in [4.69, 9.17) is 4.74 Å². The molecule has 1 atom stereocenters. The van der Waals surface area contributed by atoms with Crippen molar-refractivity contribution >= 4 is 5.91 Å². The number of carbonyl (C=O) groups is 1. The average molecular weight is 255 g/mol. The molecule has 0 aromatic rings. The lowest BCUT2D eigenvalue weighted by molar-refractivity contribution is -0.123. The van der Waals surface area contributed by atoms with Crippen LogP contribution in [0, 0.1) is 0 Å². The van der Waals surface area contributed by atoms with Crippen LogP contribution in [-0.4, -0.2) is 62.3 Å². The van der Waals surface area contributed by atoms with E-state index in [2.05, 4.69) is 22.5 Å². The van der Waals surface area contributed by atoms with Crippen molar-refractivity contribution in [3.05, 3.63) is 0 Å². The summed E-state index contributed by atoms with van der Waals surface area (Å²) in [6.07, 6.45) is 3.26. The molecule has 2 aliphatic heterocycles. The Labute approximate surface area is 109 Å². The van der Waals surface area contributed by atoms with E-state index in [0.717, 1.165) is 52.0 Å². The van der Waals surface area contributed by atoms with Crippen LogP contribution in [0.15, 0.2) is 0 Å². The predicted molar refractivity (Wildman–Crippen MR) is 70.5 cm³/mol. The van der Waals surface area contributed by atoms with Gasteiger partial charge in [0.25, 0.3) is 0 Å². The van der Waals surface area contributed by atoms with Crippen molar-refractivity contribution < 1.29 is 9.53 Å². The number of carbonyl (C=O) groups excluding carboxylic acids is 1. The monoisotopic (exact) mass is 255 g/mol. The van der Waals surface area contributed by atoms with E-state index in [1.165, 1.54) is 0 Å². The molecule has 0 radical (unpaired) electrons. The Morgan fingerprint density at radius 1 is 1.39 bits per heavy atom. The van der Waals surface area contributed by atoms with E-state index in [1.54, 1.807) is 0 Å². The topological polar surface area (TPSA) is 53.6 Å². The third-order valence-corrected chi connectivity index (χ3v) is 3.76. The Morgan fingerprint density at radius 3 is 3.06 bits per heavy atom. The maximum Gasteiger partial charge on any atom is 0.234 e. The zero-order valence-corrected chi connectivity index (χ0v) is 11.3. The van der Waals surface area contributed by atoms with E-state index in [0.29, 0.717) is 13.1 Å². The molecule has 1 unspecified atom stereocenters.